The molecule has 1 aromatic heterocycles. The van der Waals surface area contributed by atoms with Gasteiger partial charge in [0.05, 0.1) is 5.56 Å². The van der Waals surface area contributed by atoms with Gasteiger partial charge in [-0.3, -0.25) is 0 Å². The van der Waals surface area contributed by atoms with Crippen molar-refractivity contribution in [2.24, 2.45) is 0 Å². The maximum absolute atomic E-state index is 12.0. The molecule has 108 valence electrons. The summed E-state index contributed by atoms with van der Waals surface area (Å²) in [5.74, 6) is 0.0685. The second-order valence-electron chi connectivity index (χ2n) is 5.06. The summed E-state index contributed by atoms with van der Waals surface area (Å²) in [7, 11) is -3.39. The minimum Gasteiger partial charge on any atom is -0.367 e. The Morgan fingerprint density at radius 1 is 1.35 bits per heavy atom. The molecule has 1 aromatic carbocycles. The Morgan fingerprint density at radius 2 is 2.00 bits per heavy atom. The van der Waals surface area contributed by atoms with E-state index in [9.17, 15) is 8.42 Å². The van der Waals surface area contributed by atoms with Gasteiger partial charge >= 0.3 is 0 Å². The van der Waals surface area contributed by atoms with Crippen molar-refractivity contribution in [3.05, 3.63) is 35.0 Å². The number of nitrogens with zero attached hydrogens (tertiary/aromatic N) is 1. The molecule has 2 N–H and O–H groups in total. The Hall–Kier alpha value is -1.53. The summed E-state index contributed by atoms with van der Waals surface area (Å²) >= 11 is 5.96. The van der Waals surface area contributed by atoms with Gasteiger partial charge in [-0.1, -0.05) is 28.9 Å². The van der Waals surface area contributed by atoms with E-state index in [0.717, 1.165) is 6.26 Å². The van der Waals surface area contributed by atoms with Gasteiger partial charge in [-0.2, -0.15) is 0 Å². The molecule has 2 aromatic rings. The first-order valence-corrected chi connectivity index (χ1v) is 8.12. The van der Waals surface area contributed by atoms with E-state index >= 15 is 0 Å². The van der Waals surface area contributed by atoms with Crippen molar-refractivity contribution >= 4 is 27.3 Å². The highest BCUT2D eigenvalue weighted by molar-refractivity contribution is 7.91. The van der Waals surface area contributed by atoms with E-state index < -0.39 is 14.6 Å². The Balaban J connectivity index is 2.71. The maximum Gasteiger partial charge on any atom is 0.230 e. The quantitative estimate of drug-likeness (QED) is 0.941. The molecule has 2 rings (SSSR count). The van der Waals surface area contributed by atoms with Crippen LogP contribution in [0.5, 0.6) is 0 Å². The lowest BCUT2D eigenvalue weighted by atomic mass is 9.99. The summed E-state index contributed by atoms with van der Waals surface area (Å²) < 4.78 is 27.7. The number of anilines is 1. The second kappa shape index (κ2) is 4.79. The van der Waals surface area contributed by atoms with Crippen molar-refractivity contribution in [1.29, 1.82) is 0 Å². The van der Waals surface area contributed by atoms with Gasteiger partial charge < -0.3 is 10.3 Å². The Bertz CT molecular complexity index is 751. The lowest BCUT2D eigenvalue weighted by Gasteiger charge is -2.21. The Labute approximate surface area is 122 Å². The summed E-state index contributed by atoms with van der Waals surface area (Å²) in [5.41, 5.74) is 7.20. The number of nitrogens with two attached hydrogens (primary N) is 1. The van der Waals surface area contributed by atoms with E-state index in [2.05, 4.69) is 5.16 Å². The molecule has 1 heterocycles. The molecule has 5 nitrogen and oxygen atoms in total. The predicted molar refractivity (Wildman–Crippen MR) is 79.2 cm³/mol. The molecule has 0 aliphatic rings. The van der Waals surface area contributed by atoms with Crippen LogP contribution in [0.1, 0.15) is 19.5 Å². The molecule has 0 aliphatic heterocycles. The highest BCUT2D eigenvalue weighted by Crippen LogP contribution is 2.39. The first kappa shape index (κ1) is 14.9. The lowest BCUT2D eigenvalue weighted by Crippen LogP contribution is -2.29. The number of hydrogen-bond acceptors (Lipinski definition) is 5. The number of rotatable bonds is 3. The zero-order valence-corrected chi connectivity index (χ0v) is 12.9. The van der Waals surface area contributed by atoms with E-state index in [1.165, 1.54) is 0 Å². The summed E-state index contributed by atoms with van der Waals surface area (Å²) in [6.45, 7) is 3.13. The number of nitrogen functional groups attached to an aromatic ring is 1. The van der Waals surface area contributed by atoms with Crippen molar-refractivity contribution in [3.8, 4) is 11.1 Å². The highest BCUT2D eigenvalue weighted by atomic mass is 35.5. The molecule has 7 heteroatoms. The molecule has 0 saturated carbocycles. The largest absolute Gasteiger partial charge is 0.367 e. The Morgan fingerprint density at radius 3 is 2.55 bits per heavy atom. The molecule has 0 spiro atoms. The van der Waals surface area contributed by atoms with Gasteiger partial charge in [0, 0.05) is 11.3 Å². The molecule has 0 radical (unpaired) electrons. The summed E-state index contributed by atoms with van der Waals surface area (Å²) in [5, 5.41) is 4.36. The molecule has 0 saturated heterocycles. The summed E-state index contributed by atoms with van der Waals surface area (Å²) in [6.07, 6.45) is 1.15. The average molecular weight is 315 g/mol. The molecule has 0 unspecified atom stereocenters. The fraction of sp³-hybridized carbons (Fsp3) is 0.308. The lowest BCUT2D eigenvalue weighted by molar-refractivity contribution is 0.417. The van der Waals surface area contributed by atoms with Gasteiger partial charge in [0.2, 0.25) is 5.88 Å². The van der Waals surface area contributed by atoms with Gasteiger partial charge in [0.25, 0.3) is 0 Å². The highest BCUT2D eigenvalue weighted by Gasteiger charge is 2.39. The number of sulfone groups is 1. The van der Waals surface area contributed by atoms with Crippen LogP contribution in [0, 0.1) is 0 Å². The molecule has 0 fully saturated rings. The third-order valence-corrected chi connectivity index (χ3v) is 5.61. The third-order valence-electron chi connectivity index (χ3n) is 3.33. The van der Waals surface area contributed by atoms with Gasteiger partial charge in [0.15, 0.2) is 9.84 Å². The Kier molecular flexibility index (Phi) is 3.56. The molecule has 0 aliphatic carbocycles. The van der Waals surface area contributed by atoms with Crippen LogP contribution in [0.15, 0.2) is 28.8 Å². The molecular weight excluding hydrogens is 300 g/mol. The monoisotopic (exact) mass is 314 g/mol. The van der Waals surface area contributed by atoms with Gasteiger partial charge in [0.1, 0.15) is 10.4 Å². The molecule has 0 amide bonds. The van der Waals surface area contributed by atoms with E-state index in [1.807, 2.05) is 0 Å². The third kappa shape index (κ3) is 2.41. The first-order valence-electron chi connectivity index (χ1n) is 5.86. The standard InChI is InChI=1S/C13H15ClN2O3S/c1-13(2,20(3,17)18)11-10(12(15)19-16-11)8-5-4-6-9(14)7-8/h4-7H,15H2,1-3H3. The zero-order chi connectivity index (χ0) is 15.1. The normalized spacial score (nSPS) is 12.6. The fourth-order valence-corrected chi connectivity index (χ4v) is 2.49. The van der Waals surface area contributed by atoms with Crippen LogP contribution in [-0.4, -0.2) is 19.8 Å². The van der Waals surface area contributed by atoms with Crippen LogP contribution in [-0.2, 0) is 14.6 Å². The number of halogens is 1. The zero-order valence-electron chi connectivity index (χ0n) is 11.3. The van der Waals surface area contributed by atoms with E-state index in [1.54, 1.807) is 38.1 Å². The first-order chi connectivity index (χ1) is 9.14. The van der Waals surface area contributed by atoms with E-state index in [0.29, 0.717) is 16.1 Å². The van der Waals surface area contributed by atoms with Crippen LogP contribution in [0.25, 0.3) is 11.1 Å². The van der Waals surface area contributed by atoms with Gasteiger partial charge in [-0.15, -0.1) is 0 Å². The van der Waals surface area contributed by atoms with Crippen LogP contribution in [0.3, 0.4) is 0 Å². The fourth-order valence-electron chi connectivity index (χ4n) is 1.81. The molecular formula is C13H15ClN2O3S. The number of aromatic nitrogens is 1. The molecule has 0 atom stereocenters. The van der Waals surface area contributed by atoms with Crippen LogP contribution in [0.2, 0.25) is 5.02 Å². The van der Waals surface area contributed by atoms with Gasteiger partial charge in [-0.05, 0) is 31.5 Å². The van der Waals surface area contributed by atoms with E-state index in [4.69, 9.17) is 21.9 Å². The minimum absolute atomic E-state index is 0.0685. The topological polar surface area (TPSA) is 86.2 Å². The van der Waals surface area contributed by atoms with E-state index in [-0.39, 0.29) is 11.6 Å². The van der Waals surface area contributed by atoms with Crippen molar-refractivity contribution in [2.75, 3.05) is 12.0 Å². The summed E-state index contributed by atoms with van der Waals surface area (Å²) in [4.78, 5) is 0. The van der Waals surface area contributed by atoms with Crippen molar-refractivity contribution in [1.82, 2.24) is 5.16 Å². The van der Waals surface area contributed by atoms with Crippen molar-refractivity contribution < 1.29 is 12.9 Å². The van der Waals surface area contributed by atoms with Crippen molar-refractivity contribution in [2.45, 2.75) is 18.6 Å². The summed E-state index contributed by atoms with van der Waals surface area (Å²) in [6, 6.07) is 6.93. The molecule has 20 heavy (non-hydrogen) atoms. The van der Waals surface area contributed by atoms with Crippen molar-refractivity contribution in [3.63, 3.8) is 0 Å². The predicted octanol–water partition coefficient (Wildman–Crippen LogP) is 2.86. The average Bonchev–Trinajstić information content (AvgIpc) is 2.70. The minimum atomic E-state index is -3.39. The van der Waals surface area contributed by atoms with Crippen LogP contribution >= 0.6 is 11.6 Å². The maximum atomic E-state index is 12.0. The van der Waals surface area contributed by atoms with Crippen LogP contribution < -0.4 is 5.73 Å². The molecule has 0 bridgehead atoms. The number of hydrogen-bond donors (Lipinski definition) is 1. The second-order valence-corrected chi connectivity index (χ2v) is 8.06. The number of benzene rings is 1. The SMILES string of the molecule is CC(C)(c1noc(N)c1-c1cccc(Cl)c1)S(C)(=O)=O. The van der Waals surface area contributed by atoms with Crippen LogP contribution in [0.4, 0.5) is 5.88 Å². The smallest absolute Gasteiger partial charge is 0.230 e. The van der Waals surface area contributed by atoms with Gasteiger partial charge in [-0.25, -0.2) is 8.42 Å².